The number of methoxy groups -OCH3 is 1. The van der Waals surface area contributed by atoms with Crippen molar-refractivity contribution in [3.05, 3.63) is 88.1 Å². The number of rotatable bonds is 5. The third-order valence-electron chi connectivity index (χ3n) is 7.07. The Hall–Kier alpha value is -3.97. The molecule has 1 saturated heterocycles. The molecule has 1 aliphatic heterocycles. The van der Waals surface area contributed by atoms with E-state index in [1.54, 1.807) is 17.7 Å². The minimum atomic E-state index is -0.0877. The van der Waals surface area contributed by atoms with Gasteiger partial charge in [-0.2, -0.15) is 0 Å². The number of piperazine rings is 1. The maximum atomic E-state index is 14.1. The molecule has 0 radical (unpaired) electrons. The van der Waals surface area contributed by atoms with Crippen molar-refractivity contribution in [2.75, 3.05) is 45.2 Å². The lowest BCUT2D eigenvalue weighted by Crippen LogP contribution is -2.44. The Kier molecular flexibility index (Phi) is 7.04. The molecule has 0 aliphatic carbocycles. The Bertz CT molecular complexity index is 1540. The van der Waals surface area contributed by atoms with Crippen LogP contribution in [-0.4, -0.2) is 59.8 Å². The first-order chi connectivity index (χ1) is 18.2. The first kappa shape index (κ1) is 25.7. The van der Waals surface area contributed by atoms with Crippen LogP contribution < -0.4 is 15.2 Å². The second-order valence-corrected chi connectivity index (χ2v) is 10.8. The van der Waals surface area contributed by atoms with E-state index in [1.807, 2.05) is 48.6 Å². The van der Waals surface area contributed by atoms with Crippen molar-refractivity contribution in [2.45, 2.75) is 26.2 Å². The smallest absolute Gasteiger partial charge is 0.266 e. The number of ether oxygens (including phenoxy) is 1. The normalized spacial score (nSPS) is 14.9. The molecule has 0 unspecified atom stereocenters. The van der Waals surface area contributed by atoms with Crippen LogP contribution in [0.15, 0.2) is 65.5 Å². The fourth-order valence-corrected chi connectivity index (χ4v) is 4.72. The maximum Gasteiger partial charge on any atom is 0.266 e. The van der Waals surface area contributed by atoms with Gasteiger partial charge in [-0.3, -0.25) is 9.36 Å². The van der Waals surface area contributed by atoms with Gasteiger partial charge >= 0.3 is 0 Å². The highest BCUT2D eigenvalue weighted by Gasteiger charge is 2.19. The van der Waals surface area contributed by atoms with Crippen molar-refractivity contribution < 1.29 is 4.74 Å². The third-order valence-corrected chi connectivity index (χ3v) is 7.07. The van der Waals surface area contributed by atoms with Crippen molar-refractivity contribution in [2.24, 2.45) is 0 Å². The SMILES string of the molecule is COc1cccc(/C=C/c2nc3ccc(N4CCN(C)CC4)cc3c(=O)n2-c2cccc(C(C)(C)C)c2)n1. The van der Waals surface area contributed by atoms with Crippen molar-refractivity contribution in [3.8, 4) is 11.6 Å². The van der Waals surface area contributed by atoms with Crippen LogP contribution in [0, 0.1) is 0 Å². The molecule has 0 bridgehead atoms. The van der Waals surface area contributed by atoms with E-state index in [-0.39, 0.29) is 11.0 Å². The van der Waals surface area contributed by atoms with Gasteiger partial charge in [-0.15, -0.1) is 0 Å². The summed E-state index contributed by atoms with van der Waals surface area (Å²) < 4.78 is 6.98. The third kappa shape index (κ3) is 5.34. The standard InChI is InChI=1S/C31H35N5O2/c1-31(2,3)22-8-6-10-25(20-22)36-28(15-12-23-9-7-11-29(32-23)38-5)33-27-14-13-24(21-26(27)30(36)37)35-18-16-34(4)17-19-35/h6-15,20-21H,16-19H2,1-5H3/b15-12+. The number of pyridine rings is 1. The van der Waals surface area contributed by atoms with Gasteiger partial charge in [0.15, 0.2) is 0 Å². The molecule has 0 spiro atoms. The van der Waals surface area contributed by atoms with Gasteiger partial charge in [0.25, 0.3) is 5.56 Å². The van der Waals surface area contributed by atoms with Crippen molar-refractivity contribution in [1.29, 1.82) is 0 Å². The summed E-state index contributed by atoms with van der Waals surface area (Å²) in [4.78, 5) is 28.2. The monoisotopic (exact) mass is 509 g/mol. The van der Waals surface area contributed by atoms with Crippen LogP contribution in [0.1, 0.15) is 37.9 Å². The summed E-state index contributed by atoms with van der Waals surface area (Å²) in [5.41, 5.74) is 4.25. The molecule has 5 rings (SSSR count). The minimum absolute atomic E-state index is 0.0565. The molecule has 0 saturated carbocycles. The van der Waals surface area contributed by atoms with Gasteiger partial charge in [-0.25, -0.2) is 9.97 Å². The summed E-state index contributed by atoms with van der Waals surface area (Å²) in [6, 6.07) is 19.8. The van der Waals surface area contributed by atoms with Crippen LogP contribution in [0.3, 0.4) is 0 Å². The zero-order valence-corrected chi connectivity index (χ0v) is 22.8. The van der Waals surface area contributed by atoms with Crippen molar-refractivity contribution in [3.63, 3.8) is 0 Å². The number of fused-ring (bicyclic) bond motifs is 1. The fourth-order valence-electron chi connectivity index (χ4n) is 4.72. The van der Waals surface area contributed by atoms with Crippen LogP contribution in [0.5, 0.6) is 5.88 Å². The second kappa shape index (κ2) is 10.4. The minimum Gasteiger partial charge on any atom is -0.481 e. The van der Waals surface area contributed by atoms with E-state index >= 15 is 0 Å². The molecular formula is C31H35N5O2. The highest BCUT2D eigenvalue weighted by molar-refractivity contribution is 5.83. The molecule has 4 aromatic rings. The molecule has 38 heavy (non-hydrogen) atoms. The quantitative estimate of drug-likeness (QED) is 0.377. The predicted molar refractivity (Wildman–Crippen MR) is 155 cm³/mol. The maximum absolute atomic E-state index is 14.1. The van der Waals surface area contributed by atoms with Crippen LogP contribution in [0.2, 0.25) is 0 Å². The van der Waals surface area contributed by atoms with Gasteiger partial charge in [-0.05, 0) is 66.6 Å². The van der Waals surface area contributed by atoms with E-state index < -0.39 is 0 Å². The molecule has 7 heteroatoms. The van der Waals surface area contributed by atoms with Crippen LogP contribution in [-0.2, 0) is 5.41 Å². The molecule has 1 aliphatic rings. The summed E-state index contributed by atoms with van der Waals surface area (Å²) in [5.74, 6) is 1.08. The number of benzene rings is 2. The number of nitrogens with zero attached hydrogens (tertiary/aromatic N) is 5. The second-order valence-electron chi connectivity index (χ2n) is 10.8. The van der Waals surface area contributed by atoms with E-state index in [2.05, 4.69) is 60.8 Å². The predicted octanol–water partition coefficient (Wildman–Crippen LogP) is 5.01. The van der Waals surface area contributed by atoms with E-state index in [0.29, 0.717) is 22.6 Å². The fraction of sp³-hybridized carbons (Fsp3) is 0.323. The lowest BCUT2D eigenvalue weighted by atomic mass is 9.87. The molecule has 0 atom stereocenters. The summed E-state index contributed by atoms with van der Waals surface area (Å²) in [6.45, 7) is 10.4. The Morgan fingerprint density at radius 3 is 2.37 bits per heavy atom. The summed E-state index contributed by atoms with van der Waals surface area (Å²) in [6.07, 6.45) is 3.71. The van der Waals surface area contributed by atoms with E-state index in [9.17, 15) is 4.79 Å². The summed E-state index contributed by atoms with van der Waals surface area (Å²) >= 11 is 0. The van der Waals surface area contributed by atoms with Crippen LogP contribution in [0.25, 0.3) is 28.7 Å². The van der Waals surface area contributed by atoms with Gasteiger partial charge in [0, 0.05) is 37.9 Å². The van der Waals surface area contributed by atoms with Crippen LogP contribution in [0.4, 0.5) is 5.69 Å². The topological polar surface area (TPSA) is 63.5 Å². The zero-order chi connectivity index (χ0) is 26.9. The molecule has 1 fully saturated rings. The molecule has 0 N–H and O–H groups in total. The highest BCUT2D eigenvalue weighted by Crippen LogP contribution is 2.26. The van der Waals surface area contributed by atoms with Crippen molar-refractivity contribution in [1.82, 2.24) is 19.4 Å². The molecule has 7 nitrogen and oxygen atoms in total. The molecule has 196 valence electrons. The van der Waals surface area contributed by atoms with E-state index in [1.165, 1.54) is 0 Å². The molecule has 3 heterocycles. The first-order valence-electron chi connectivity index (χ1n) is 13.0. The van der Waals surface area contributed by atoms with Gasteiger partial charge in [0.05, 0.1) is 29.4 Å². The number of hydrogen-bond acceptors (Lipinski definition) is 6. The van der Waals surface area contributed by atoms with Crippen molar-refractivity contribution >= 4 is 28.7 Å². The van der Waals surface area contributed by atoms with Gasteiger partial charge in [0.2, 0.25) is 5.88 Å². The summed E-state index contributed by atoms with van der Waals surface area (Å²) in [5, 5.41) is 0.610. The lowest BCUT2D eigenvalue weighted by molar-refractivity contribution is 0.313. The van der Waals surface area contributed by atoms with E-state index in [4.69, 9.17) is 9.72 Å². The Balaban J connectivity index is 1.66. The highest BCUT2D eigenvalue weighted by atomic mass is 16.5. The lowest BCUT2D eigenvalue weighted by Gasteiger charge is -2.34. The molecule has 0 amide bonds. The van der Waals surface area contributed by atoms with E-state index in [0.717, 1.165) is 48.8 Å². The molecular weight excluding hydrogens is 474 g/mol. The van der Waals surface area contributed by atoms with Gasteiger partial charge < -0.3 is 14.5 Å². The summed E-state index contributed by atoms with van der Waals surface area (Å²) in [7, 11) is 3.74. The zero-order valence-electron chi connectivity index (χ0n) is 22.8. The average molecular weight is 510 g/mol. The van der Waals surface area contributed by atoms with Gasteiger partial charge in [-0.1, -0.05) is 39.0 Å². The number of aromatic nitrogens is 3. The molecule has 2 aromatic heterocycles. The number of likely N-dealkylation sites (N-methyl/N-ethyl adjacent to an activating group) is 1. The Labute approximate surface area is 224 Å². The molecule has 2 aromatic carbocycles. The number of anilines is 1. The Morgan fingerprint density at radius 2 is 1.63 bits per heavy atom. The average Bonchev–Trinajstić information content (AvgIpc) is 2.92. The number of hydrogen-bond donors (Lipinski definition) is 0. The largest absolute Gasteiger partial charge is 0.481 e. The Morgan fingerprint density at radius 1 is 0.868 bits per heavy atom. The van der Waals surface area contributed by atoms with Gasteiger partial charge in [0.1, 0.15) is 5.82 Å². The first-order valence-corrected chi connectivity index (χ1v) is 13.0. The van der Waals surface area contributed by atoms with Crippen LogP contribution >= 0.6 is 0 Å².